The molecule has 24 heavy (non-hydrogen) atoms. The lowest BCUT2D eigenvalue weighted by Crippen LogP contribution is -2.44. The van der Waals surface area contributed by atoms with Crippen LogP contribution >= 0.6 is 0 Å². The van der Waals surface area contributed by atoms with Crippen LogP contribution in [0.5, 0.6) is 0 Å². The average Bonchev–Trinajstić information content (AvgIpc) is 2.94. The van der Waals surface area contributed by atoms with E-state index in [0.717, 1.165) is 25.9 Å². The Bertz CT molecular complexity index is 560. The number of likely N-dealkylation sites (tertiary alicyclic amines) is 1. The molecule has 0 aliphatic carbocycles. The maximum Gasteiger partial charge on any atom is 0.222 e. The summed E-state index contributed by atoms with van der Waals surface area (Å²) in [5.74, 6) is 2.16. The van der Waals surface area contributed by atoms with Crippen molar-refractivity contribution in [3.63, 3.8) is 0 Å². The number of nitrogens with zero attached hydrogens (tertiary/aromatic N) is 1. The van der Waals surface area contributed by atoms with Crippen LogP contribution in [0.25, 0.3) is 0 Å². The van der Waals surface area contributed by atoms with Gasteiger partial charge in [0.15, 0.2) is 0 Å². The Balaban J connectivity index is 1.32. The van der Waals surface area contributed by atoms with Crippen LogP contribution in [0.15, 0.2) is 30.3 Å². The van der Waals surface area contributed by atoms with Crippen LogP contribution in [0.2, 0.25) is 0 Å². The molecule has 3 heteroatoms. The number of amides is 1. The van der Waals surface area contributed by atoms with Gasteiger partial charge in [-0.15, -0.1) is 0 Å². The Labute approximate surface area is 145 Å². The van der Waals surface area contributed by atoms with E-state index in [1.807, 2.05) is 0 Å². The lowest BCUT2D eigenvalue weighted by molar-refractivity contribution is -0.134. The molecule has 0 aromatic heterocycles. The minimum Gasteiger partial charge on any atom is -0.342 e. The third-order valence-electron chi connectivity index (χ3n) is 6.52. The second-order valence-corrected chi connectivity index (χ2v) is 8.30. The van der Waals surface area contributed by atoms with Gasteiger partial charge >= 0.3 is 0 Å². The highest BCUT2D eigenvalue weighted by atomic mass is 16.2. The van der Waals surface area contributed by atoms with Gasteiger partial charge in [0, 0.05) is 31.6 Å². The van der Waals surface area contributed by atoms with Gasteiger partial charge < -0.3 is 10.2 Å². The zero-order valence-electron chi connectivity index (χ0n) is 14.8. The van der Waals surface area contributed by atoms with Gasteiger partial charge in [-0.05, 0) is 55.4 Å². The summed E-state index contributed by atoms with van der Waals surface area (Å²) in [6, 6.07) is 12.2. The van der Waals surface area contributed by atoms with Crippen molar-refractivity contribution in [2.45, 2.75) is 63.5 Å². The second-order valence-electron chi connectivity index (χ2n) is 8.30. The van der Waals surface area contributed by atoms with E-state index < -0.39 is 0 Å². The molecule has 3 fully saturated rings. The van der Waals surface area contributed by atoms with Crippen LogP contribution < -0.4 is 5.32 Å². The van der Waals surface area contributed by atoms with Crippen molar-refractivity contribution in [2.75, 3.05) is 13.1 Å². The number of hydrogen-bond donors (Lipinski definition) is 1. The summed E-state index contributed by atoms with van der Waals surface area (Å²) in [7, 11) is 0. The third-order valence-corrected chi connectivity index (χ3v) is 6.52. The molecule has 1 aromatic carbocycles. The standard InChI is InChI=1S/C21H30N2O/c1-15-14-23(10-9-20(15)17-5-3-2-4-6-17)21(24)13-16-11-18-7-8-19(12-16)22-18/h2-6,15-16,18-20,22H,7-14H2,1H3/t15-,16?,18-,19+,20-/m1/s1. The minimum absolute atomic E-state index is 0.402. The maximum absolute atomic E-state index is 12.8. The second kappa shape index (κ2) is 6.87. The van der Waals surface area contributed by atoms with Crippen molar-refractivity contribution in [3.8, 4) is 0 Å². The van der Waals surface area contributed by atoms with Crippen LogP contribution in [0, 0.1) is 11.8 Å². The molecule has 1 N–H and O–H groups in total. The first-order valence-corrected chi connectivity index (χ1v) is 9.78. The Morgan fingerprint density at radius 3 is 2.50 bits per heavy atom. The molecule has 3 saturated heterocycles. The van der Waals surface area contributed by atoms with Gasteiger partial charge in [-0.1, -0.05) is 37.3 Å². The molecule has 3 heterocycles. The first kappa shape index (κ1) is 16.1. The molecule has 4 rings (SSSR count). The van der Waals surface area contributed by atoms with Crippen molar-refractivity contribution in [2.24, 2.45) is 11.8 Å². The van der Waals surface area contributed by atoms with Crippen LogP contribution in [0.4, 0.5) is 0 Å². The zero-order valence-corrected chi connectivity index (χ0v) is 14.8. The molecule has 5 atom stereocenters. The van der Waals surface area contributed by atoms with E-state index in [9.17, 15) is 4.79 Å². The fourth-order valence-electron chi connectivity index (χ4n) is 5.29. The fraction of sp³-hybridized carbons (Fsp3) is 0.667. The highest BCUT2D eigenvalue weighted by molar-refractivity contribution is 5.76. The topological polar surface area (TPSA) is 32.3 Å². The molecule has 3 aliphatic heterocycles. The van der Waals surface area contributed by atoms with E-state index >= 15 is 0 Å². The van der Waals surface area contributed by atoms with Crippen molar-refractivity contribution in [3.05, 3.63) is 35.9 Å². The molecule has 3 nitrogen and oxygen atoms in total. The highest BCUT2D eigenvalue weighted by Gasteiger charge is 2.36. The van der Waals surface area contributed by atoms with Gasteiger partial charge in [0.05, 0.1) is 0 Å². The average molecular weight is 326 g/mol. The summed E-state index contributed by atoms with van der Waals surface area (Å²) in [6.07, 6.45) is 6.92. The van der Waals surface area contributed by atoms with E-state index in [2.05, 4.69) is 47.5 Å². The van der Waals surface area contributed by atoms with Crippen LogP contribution in [-0.2, 0) is 4.79 Å². The Morgan fingerprint density at radius 2 is 1.83 bits per heavy atom. The Hall–Kier alpha value is -1.35. The number of piperidine rings is 2. The molecule has 2 bridgehead atoms. The predicted octanol–water partition coefficient (Wildman–Crippen LogP) is 3.56. The van der Waals surface area contributed by atoms with Crippen LogP contribution in [-0.4, -0.2) is 36.0 Å². The number of hydrogen-bond acceptors (Lipinski definition) is 2. The molecular formula is C21H30N2O. The van der Waals surface area contributed by atoms with Crippen LogP contribution in [0.3, 0.4) is 0 Å². The summed E-state index contributed by atoms with van der Waals surface area (Å²) in [5.41, 5.74) is 1.44. The number of carbonyl (C=O) groups excluding carboxylic acids is 1. The third kappa shape index (κ3) is 3.37. The van der Waals surface area contributed by atoms with Gasteiger partial charge in [-0.3, -0.25) is 4.79 Å². The lowest BCUT2D eigenvalue weighted by Gasteiger charge is -2.38. The van der Waals surface area contributed by atoms with Gasteiger partial charge in [-0.25, -0.2) is 0 Å². The molecule has 1 unspecified atom stereocenters. The molecule has 0 spiro atoms. The van der Waals surface area contributed by atoms with Crippen molar-refractivity contribution >= 4 is 5.91 Å². The molecule has 0 radical (unpaired) electrons. The number of fused-ring (bicyclic) bond motifs is 2. The van der Waals surface area contributed by atoms with Gasteiger partial charge in [0.1, 0.15) is 0 Å². The SMILES string of the molecule is C[C@@H]1CN(C(=O)CC2C[C@H]3CC[C@@H](C2)N3)CC[C@H]1c1ccccc1. The van der Waals surface area contributed by atoms with Gasteiger partial charge in [0.25, 0.3) is 0 Å². The summed E-state index contributed by atoms with van der Waals surface area (Å²) in [5, 5.41) is 3.68. The first-order valence-electron chi connectivity index (χ1n) is 9.78. The molecular weight excluding hydrogens is 296 g/mol. The Morgan fingerprint density at radius 1 is 1.12 bits per heavy atom. The number of benzene rings is 1. The monoisotopic (exact) mass is 326 g/mol. The fourth-order valence-corrected chi connectivity index (χ4v) is 5.29. The predicted molar refractivity (Wildman–Crippen MR) is 96.8 cm³/mol. The van der Waals surface area contributed by atoms with E-state index in [1.165, 1.54) is 31.2 Å². The van der Waals surface area contributed by atoms with Crippen molar-refractivity contribution < 1.29 is 4.79 Å². The molecule has 1 aromatic rings. The Kier molecular flexibility index (Phi) is 4.62. The highest BCUT2D eigenvalue weighted by Crippen LogP contribution is 2.35. The number of nitrogens with one attached hydrogen (secondary N) is 1. The number of rotatable bonds is 3. The van der Waals surface area contributed by atoms with Gasteiger partial charge in [0.2, 0.25) is 5.91 Å². The summed E-state index contributed by atoms with van der Waals surface area (Å²) < 4.78 is 0. The minimum atomic E-state index is 0.402. The molecule has 130 valence electrons. The largest absolute Gasteiger partial charge is 0.342 e. The van der Waals surface area contributed by atoms with E-state index in [1.54, 1.807) is 0 Å². The number of carbonyl (C=O) groups is 1. The first-order chi connectivity index (χ1) is 11.7. The maximum atomic E-state index is 12.8. The van der Waals surface area contributed by atoms with E-state index in [4.69, 9.17) is 0 Å². The summed E-state index contributed by atoms with van der Waals surface area (Å²) in [4.78, 5) is 14.9. The van der Waals surface area contributed by atoms with Crippen LogP contribution in [0.1, 0.15) is 56.9 Å². The normalized spacial score (nSPS) is 35.9. The van der Waals surface area contributed by atoms with Crippen molar-refractivity contribution in [1.29, 1.82) is 0 Å². The smallest absolute Gasteiger partial charge is 0.222 e. The quantitative estimate of drug-likeness (QED) is 0.921. The van der Waals surface area contributed by atoms with Crippen molar-refractivity contribution in [1.82, 2.24) is 10.2 Å². The lowest BCUT2D eigenvalue weighted by atomic mass is 9.81. The molecule has 1 amide bonds. The van der Waals surface area contributed by atoms with Gasteiger partial charge in [-0.2, -0.15) is 0 Å². The van der Waals surface area contributed by atoms with E-state index in [0.29, 0.717) is 35.7 Å². The zero-order chi connectivity index (χ0) is 16.5. The summed E-state index contributed by atoms with van der Waals surface area (Å²) >= 11 is 0. The summed E-state index contributed by atoms with van der Waals surface area (Å²) in [6.45, 7) is 4.17. The molecule has 0 saturated carbocycles. The molecule has 3 aliphatic rings. The van der Waals surface area contributed by atoms with E-state index in [-0.39, 0.29) is 0 Å².